The lowest BCUT2D eigenvalue weighted by atomic mass is 10.0. The minimum absolute atomic E-state index is 0.180. The van der Waals surface area contributed by atoms with E-state index in [0.29, 0.717) is 24.0 Å². The topological polar surface area (TPSA) is 195 Å². The highest BCUT2D eigenvalue weighted by Crippen LogP contribution is 2.37. The van der Waals surface area contributed by atoms with Crippen molar-refractivity contribution in [3.05, 3.63) is 24.8 Å². The fourth-order valence-corrected chi connectivity index (χ4v) is 3.24. The van der Waals surface area contributed by atoms with Crippen LogP contribution in [0, 0.1) is 0 Å². The van der Waals surface area contributed by atoms with Gasteiger partial charge in [0.2, 0.25) is 5.85 Å². The highest BCUT2D eigenvalue weighted by Gasteiger charge is 2.55. The van der Waals surface area contributed by atoms with Gasteiger partial charge in [-0.2, -0.15) is 0 Å². The number of fused-ring (bicyclic) bond motifs is 1. The maximum atomic E-state index is 10.7. The Labute approximate surface area is 159 Å². The molecule has 28 heavy (non-hydrogen) atoms. The van der Waals surface area contributed by atoms with Crippen LogP contribution in [-0.2, 0) is 15.4 Å². The Morgan fingerprint density at radius 2 is 2.21 bits per heavy atom. The fraction of sp³-hybridized carbons (Fsp3) is 0.500. The molecule has 0 aliphatic carbocycles. The van der Waals surface area contributed by atoms with Crippen LogP contribution in [0.4, 0.5) is 5.82 Å². The number of nitrogens with two attached hydrogens (primary N) is 2. The number of aromatic nitrogens is 4. The average molecular weight is 393 g/mol. The van der Waals surface area contributed by atoms with Gasteiger partial charge in [-0.25, -0.2) is 15.0 Å². The van der Waals surface area contributed by atoms with Gasteiger partial charge in [-0.15, -0.1) is 0 Å². The molecule has 12 nitrogen and oxygen atoms in total. The summed E-state index contributed by atoms with van der Waals surface area (Å²) in [6.07, 6.45) is 3.08. The highest BCUT2D eigenvalue weighted by atomic mass is 16.6. The molecule has 3 rings (SSSR count). The van der Waals surface area contributed by atoms with E-state index in [2.05, 4.69) is 20.3 Å². The number of aliphatic hydroxyl groups is 2. The summed E-state index contributed by atoms with van der Waals surface area (Å²) >= 11 is 0. The Kier molecular flexibility index (Phi) is 5.58. The van der Waals surface area contributed by atoms with Crippen molar-refractivity contribution in [2.24, 2.45) is 5.73 Å². The van der Waals surface area contributed by atoms with E-state index in [9.17, 15) is 15.0 Å². The molecule has 1 saturated heterocycles. The van der Waals surface area contributed by atoms with Crippen molar-refractivity contribution < 1.29 is 24.9 Å². The van der Waals surface area contributed by atoms with Crippen LogP contribution in [0.2, 0.25) is 0 Å². The molecule has 1 unspecified atom stereocenters. The summed E-state index contributed by atoms with van der Waals surface area (Å²) in [5, 5.41) is 32.9. The van der Waals surface area contributed by atoms with Crippen molar-refractivity contribution in [3.63, 3.8) is 0 Å². The number of aliphatic carboxylic acids is 1. The van der Waals surface area contributed by atoms with Crippen LogP contribution in [0.1, 0.15) is 12.8 Å². The second kappa shape index (κ2) is 7.77. The first-order valence-electron chi connectivity index (χ1n) is 8.63. The third-order valence-corrected chi connectivity index (χ3v) is 4.76. The second-order valence-electron chi connectivity index (χ2n) is 6.45. The summed E-state index contributed by atoms with van der Waals surface area (Å²) in [6, 6.07) is -1.10. The number of carboxylic acid groups (broad SMARTS) is 1. The van der Waals surface area contributed by atoms with Crippen molar-refractivity contribution in [1.82, 2.24) is 24.8 Å². The zero-order valence-corrected chi connectivity index (χ0v) is 15.1. The van der Waals surface area contributed by atoms with Crippen LogP contribution in [0.25, 0.3) is 11.2 Å². The van der Waals surface area contributed by atoms with Crippen molar-refractivity contribution >= 4 is 23.0 Å². The third kappa shape index (κ3) is 3.31. The molecule has 12 heteroatoms. The molecule has 0 radical (unpaired) electrons. The summed E-state index contributed by atoms with van der Waals surface area (Å²) in [6.45, 7) is 0. The van der Waals surface area contributed by atoms with Crippen molar-refractivity contribution in [1.29, 1.82) is 0 Å². The number of allylic oxidation sites excluding steroid dienone is 1. The Morgan fingerprint density at radius 1 is 1.46 bits per heavy atom. The molecule has 2 aromatic heterocycles. The van der Waals surface area contributed by atoms with Crippen LogP contribution < -0.4 is 16.8 Å². The van der Waals surface area contributed by atoms with E-state index >= 15 is 0 Å². The largest absolute Gasteiger partial charge is 0.480 e. The number of hydrogen-bond donors (Lipinski definition) is 6. The standard InChI is InChI=1S/C16H23N7O5/c1-19-16(23-7-22-10-13(18)20-6-21-14(10)23)12(25)11(24)9(28-16)5-3-2-4-8(17)15(26)27/h2,4,6-9,11-12,19,24-25H,3,5,17H2,1H3,(H,26,27)(H2,18,20,21)/b4-2-/t8?,9-,11-,12-,16+/m1/s1. The second-order valence-corrected chi connectivity index (χ2v) is 6.45. The van der Waals surface area contributed by atoms with Gasteiger partial charge in [0.05, 0.1) is 6.10 Å². The van der Waals surface area contributed by atoms with Gasteiger partial charge in [-0.3, -0.25) is 14.7 Å². The Hall–Kier alpha value is -2.64. The van der Waals surface area contributed by atoms with Crippen LogP contribution in [-0.4, -0.2) is 72.2 Å². The number of carbonyl (C=O) groups is 1. The van der Waals surface area contributed by atoms with Gasteiger partial charge in [-0.1, -0.05) is 12.2 Å². The number of carboxylic acids is 1. The first-order chi connectivity index (χ1) is 13.3. The summed E-state index contributed by atoms with van der Waals surface area (Å²) in [5.74, 6) is -2.47. The van der Waals surface area contributed by atoms with Crippen LogP contribution in [0.5, 0.6) is 0 Å². The lowest BCUT2D eigenvalue weighted by Crippen LogP contribution is -2.54. The fourth-order valence-electron chi connectivity index (χ4n) is 3.24. The van der Waals surface area contributed by atoms with Gasteiger partial charge in [0.15, 0.2) is 11.5 Å². The summed E-state index contributed by atoms with van der Waals surface area (Å²) in [4.78, 5) is 22.9. The Bertz CT molecular complexity index is 887. The average Bonchev–Trinajstić information content (AvgIpc) is 3.21. The lowest BCUT2D eigenvalue weighted by Gasteiger charge is -2.33. The number of nitrogen functional groups attached to an aromatic ring is 1. The first-order valence-corrected chi connectivity index (χ1v) is 8.63. The zero-order valence-electron chi connectivity index (χ0n) is 15.1. The quantitative estimate of drug-likeness (QED) is 0.288. The maximum Gasteiger partial charge on any atom is 0.324 e. The molecule has 0 saturated carbocycles. The van der Waals surface area contributed by atoms with Crippen molar-refractivity contribution in [2.75, 3.05) is 12.8 Å². The SMILES string of the molecule is CN[C@@]1(n2cnc3c(N)ncnc32)O[C@H](CC/C=C\C(N)C(=O)O)[C@@H](O)[C@H]1O. The normalized spacial score (nSPS) is 28.9. The molecule has 1 fully saturated rings. The third-order valence-electron chi connectivity index (χ3n) is 4.76. The molecule has 3 heterocycles. The van der Waals surface area contributed by atoms with E-state index in [1.54, 1.807) is 13.1 Å². The van der Waals surface area contributed by atoms with Gasteiger partial charge in [-0.05, 0) is 19.9 Å². The number of hydrogen-bond acceptors (Lipinski definition) is 10. The number of rotatable bonds is 7. The summed E-state index contributed by atoms with van der Waals surface area (Å²) in [7, 11) is 1.57. The maximum absolute atomic E-state index is 10.7. The van der Waals surface area contributed by atoms with Crippen LogP contribution >= 0.6 is 0 Å². The van der Waals surface area contributed by atoms with Crippen molar-refractivity contribution in [3.8, 4) is 0 Å². The molecule has 5 atom stereocenters. The van der Waals surface area contributed by atoms with E-state index in [4.69, 9.17) is 21.3 Å². The van der Waals surface area contributed by atoms with Gasteiger partial charge >= 0.3 is 5.97 Å². The number of nitrogens with zero attached hydrogens (tertiary/aromatic N) is 4. The molecular formula is C16H23N7O5. The summed E-state index contributed by atoms with van der Waals surface area (Å²) < 4.78 is 7.46. The molecule has 0 bridgehead atoms. The van der Waals surface area contributed by atoms with Crippen molar-refractivity contribution in [2.45, 2.75) is 43.0 Å². The Balaban J connectivity index is 1.82. The van der Waals surface area contributed by atoms with Gasteiger partial charge in [0.25, 0.3) is 0 Å². The van der Waals surface area contributed by atoms with Crippen LogP contribution in [0.15, 0.2) is 24.8 Å². The molecule has 0 spiro atoms. The lowest BCUT2D eigenvalue weighted by molar-refractivity contribution is -0.159. The number of ether oxygens (including phenoxy) is 1. The molecule has 2 aromatic rings. The molecule has 0 aromatic carbocycles. The molecule has 0 amide bonds. The van der Waals surface area contributed by atoms with Gasteiger partial charge < -0.3 is 31.5 Å². The molecule has 152 valence electrons. The van der Waals surface area contributed by atoms with Crippen LogP contribution in [0.3, 0.4) is 0 Å². The number of likely N-dealkylation sites (N-methyl/N-ethyl adjacent to an activating group) is 1. The smallest absolute Gasteiger partial charge is 0.324 e. The monoisotopic (exact) mass is 393 g/mol. The number of imidazole rings is 1. The van der Waals surface area contributed by atoms with E-state index in [1.165, 1.54) is 23.3 Å². The predicted molar refractivity (Wildman–Crippen MR) is 97.6 cm³/mol. The Morgan fingerprint density at radius 3 is 2.89 bits per heavy atom. The summed E-state index contributed by atoms with van der Waals surface area (Å²) in [5.41, 5.74) is 11.9. The number of anilines is 1. The number of nitrogens with one attached hydrogen (secondary N) is 1. The predicted octanol–water partition coefficient (Wildman–Crippen LogP) is -1.89. The van der Waals surface area contributed by atoms with E-state index in [0.717, 1.165) is 0 Å². The minimum atomic E-state index is -1.51. The number of aliphatic hydroxyl groups excluding tert-OH is 2. The van der Waals surface area contributed by atoms with E-state index in [1.807, 2.05) is 0 Å². The molecule has 1 aliphatic rings. The van der Waals surface area contributed by atoms with Gasteiger partial charge in [0.1, 0.15) is 36.4 Å². The minimum Gasteiger partial charge on any atom is -0.480 e. The first kappa shape index (κ1) is 20.1. The zero-order chi connectivity index (χ0) is 20.5. The molecule has 1 aliphatic heterocycles. The molecular weight excluding hydrogens is 370 g/mol. The van der Waals surface area contributed by atoms with Gasteiger partial charge in [0, 0.05) is 0 Å². The highest BCUT2D eigenvalue weighted by molar-refractivity contribution is 5.81. The molecule has 8 N–H and O–H groups in total. The van der Waals surface area contributed by atoms with E-state index in [-0.39, 0.29) is 5.82 Å². The van der Waals surface area contributed by atoms with E-state index < -0.39 is 36.2 Å².